The predicted octanol–water partition coefficient (Wildman–Crippen LogP) is 24.7. The van der Waals surface area contributed by atoms with Gasteiger partial charge in [0, 0.05) is 19.3 Å². The number of carbonyl (C=O) groups is 3. The summed E-state index contributed by atoms with van der Waals surface area (Å²) >= 11 is 0. The molecule has 1 unspecified atom stereocenters. The molecule has 0 amide bonds. The van der Waals surface area contributed by atoms with Crippen molar-refractivity contribution in [2.45, 2.75) is 386 Å². The molecule has 0 heterocycles. The molecule has 0 fully saturated rings. The van der Waals surface area contributed by atoms with Gasteiger partial charge in [-0.15, -0.1) is 0 Å². The number of carbonyl (C=O) groups excluding carboxylic acids is 3. The van der Waals surface area contributed by atoms with Gasteiger partial charge >= 0.3 is 17.9 Å². The number of rotatable bonds is 66. The molecule has 1 atom stereocenters. The van der Waals surface area contributed by atoms with Crippen LogP contribution in [0.2, 0.25) is 0 Å². The van der Waals surface area contributed by atoms with E-state index in [9.17, 15) is 14.4 Å². The van der Waals surface area contributed by atoms with Gasteiger partial charge in [0.2, 0.25) is 0 Å². The minimum absolute atomic E-state index is 0.0704. The Morgan fingerprint density at radius 3 is 0.753 bits per heavy atom. The first-order valence-corrected chi connectivity index (χ1v) is 35.8. The SMILES string of the molecule is CC/C=C\C/C=C\C/C=C\C/C=C\C/C=C\CCCCCCCCCCCCCCCC(=O)OCC(COC(=O)CCCCCCC)OC(=O)CCCCCCCCCCCCCCCCCCCCCCCCCCCCCCC. The Bertz CT molecular complexity index is 1440. The van der Waals surface area contributed by atoms with E-state index < -0.39 is 6.10 Å². The molecule has 6 heteroatoms. The molecule has 472 valence electrons. The van der Waals surface area contributed by atoms with E-state index in [2.05, 4.69) is 81.5 Å². The highest BCUT2D eigenvalue weighted by atomic mass is 16.6. The molecule has 0 saturated carbocycles. The molecule has 0 bridgehead atoms. The van der Waals surface area contributed by atoms with E-state index >= 15 is 0 Å². The summed E-state index contributed by atoms with van der Waals surface area (Å²) in [4.78, 5) is 38.0. The van der Waals surface area contributed by atoms with E-state index in [0.717, 1.165) is 96.3 Å². The molecule has 6 nitrogen and oxygen atoms in total. The Hall–Kier alpha value is -2.89. The molecular formula is C75H136O6. The van der Waals surface area contributed by atoms with Gasteiger partial charge in [0.1, 0.15) is 13.2 Å². The van der Waals surface area contributed by atoms with Gasteiger partial charge in [-0.2, -0.15) is 0 Å². The highest BCUT2D eigenvalue weighted by Gasteiger charge is 2.19. The first kappa shape index (κ1) is 78.1. The van der Waals surface area contributed by atoms with E-state index in [0.29, 0.717) is 19.3 Å². The second-order valence-corrected chi connectivity index (χ2v) is 24.1. The van der Waals surface area contributed by atoms with Crippen LogP contribution in [-0.4, -0.2) is 37.2 Å². The first-order chi connectivity index (χ1) is 40.0. The van der Waals surface area contributed by atoms with Crippen molar-refractivity contribution < 1.29 is 28.6 Å². The summed E-state index contributed by atoms with van der Waals surface area (Å²) in [5.74, 6) is -0.863. The molecule has 0 aromatic heterocycles. The zero-order valence-corrected chi connectivity index (χ0v) is 54.3. The highest BCUT2D eigenvalue weighted by Crippen LogP contribution is 2.19. The molecule has 81 heavy (non-hydrogen) atoms. The van der Waals surface area contributed by atoms with Gasteiger partial charge in [-0.05, 0) is 64.2 Å². The fourth-order valence-corrected chi connectivity index (χ4v) is 10.7. The van der Waals surface area contributed by atoms with Gasteiger partial charge in [-0.1, -0.05) is 358 Å². The van der Waals surface area contributed by atoms with E-state index in [1.54, 1.807) is 0 Å². The quantitative estimate of drug-likeness (QED) is 0.0261. The van der Waals surface area contributed by atoms with Crippen molar-refractivity contribution in [1.29, 1.82) is 0 Å². The van der Waals surface area contributed by atoms with Crippen LogP contribution in [0.3, 0.4) is 0 Å². The minimum atomic E-state index is -0.769. The smallest absolute Gasteiger partial charge is 0.306 e. The minimum Gasteiger partial charge on any atom is -0.462 e. The average Bonchev–Trinajstić information content (AvgIpc) is 3.47. The maximum Gasteiger partial charge on any atom is 0.306 e. The summed E-state index contributed by atoms with van der Waals surface area (Å²) in [6.07, 6.45) is 90.3. The van der Waals surface area contributed by atoms with E-state index in [1.807, 2.05) is 0 Å². The van der Waals surface area contributed by atoms with Crippen molar-refractivity contribution in [2.24, 2.45) is 0 Å². The van der Waals surface area contributed by atoms with Crippen LogP contribution in [-0.2, 0) is 28.6 Å². The van der Waals surface area contributed by atoms with Crippen LogP contribution < -0.4 is 0 Å². The Kier molecular flexibility index (Phi) is 67.1. The summed E-state index contributed by atoms with van der Waals surface area (Å²) in [6.45, 7) is 6.50. The maximum absolute atomic E-state index is 12.9. The van der Waals surface area contributed by atoms with Crippen molar-refractivity contribution in [3.8, 4) is 0 Å². The Morgan fingerprint density at radius 1 is 0.259 bits per heavy atom. The summed E-state index contributed by atoms with van der Waals surface area (Å²) in [5.41, 5.74) is 0. The Morgan fingerprint density at radius 2 is 0.481 bits per heavy atom. The average molecular weight is 1130 g/mol. The summed E-state index contributed by atoms with van der Waals surface area (Å²) in [5, 5.41) is 0. The van der Waals surface area contributed by atoms with Gasteiger partial charge in [0.25, 0.3) is 0 Å². The van der Waals surface area contributed by atoms with Crippen LogP contribution >= 0.6 is 0 Å². The number of allylic oxidation sites excluding steroid dienone is 10. The molecule has 0 spiro atoms. The monoisotopic (exact) mass is 1130 g/mol. The van der Waals surface area contributed by atoms with Crippen LogP contribution in [0.4, 0.5) is 0 Å². The second-order valence-electron chi connectivity index (χ2n) is 24.1. The second kappa shape index (κ2) is 69.6. The third-order valence-corrected chi connectivity index (χ3v) is 16.0. The van der Waals surface area contributed by atoms with Gasteiger partial charge < -0.3 is 14.2 Å². The number of ether oxygens (including phenoxy) is 3. The molecule has 0 aromatic rings. The molecule has 0 aromatic carbocycles. The fourth-order valence-electron chi connectivity index (χ4n) is 10.7. The van der Waals surface area contributed by atoms with Crippen LogP contribution in [0.5, 0.6) is 0 Å². The number of unbranched alkanes of at least 4 members (excludes halogenated alkanes) is 45. The lowest BCUT2D eigenvalue weighted by molar-refractivity contribution is -0.167. The standard InChI is InChI=1S/C75H136O6/c1-4-7-10-13-15-17-19-21-23-25-27-29-31-33-35-37-39-41-43-45-47-49-51-53-55-57-59-62-65-68-74(77)80-71-72(70-79-73(76)67-64-61-12-9-6-3)81-75(78)69-66-63-60-58-56-54-52-50-48-46-44-42-40-38-36-34-32-30-28-26-24-22-20-18-16-14-11-8-5-2/h7,10,15,17,21,23,27,29,33,35,72H,4-6,8-9,11-14,16,18-20,22,24-26,28,30-32,34,36-71H2,1-3H3/b10-7-,17-15-,23-21-,29-27-,35-33-. The van der Waals surface area contributed by atoms with Crippen molar-refractivity contribution in [1.82, 2.24) is 0 Å². The summed E-state index contributed by atoms with van der Waals surface area (Å²) < 4.78 is 16.8. The van der Waals surface area contributed by atoms with Crippen molar-refractivity contribution in [3.05, 3.63) is 60.8 Å². The summed E-state index contributed by atoms with van der Waals surface area (Å²) in [6, 6.07) is 0. The largest absolute Gasteiger partial charge is 0.462 e. The van der Waals surface area contributed by atoms with Gasteiger partial charge in [-0.25, -0.2) is 0 Å². The van der Waals surface area contributed by atoms with Crippen LogP contribution in [0, 0.1) is 0 Å². The molecule has 0 N–H and O–H groups in total. The van der Waals surface area contributed by atoms with Crippen molar-refractivity contribution in [2.75, 3.05) is 13.2 Å². The molecule has 0 aliphatic carbocycles. The molecule has 0 saturated heterocycles. The number of esters is 3. The van der Waals surface area contributed by atoms with Gasteiger partial charge in [0.05, 0.1) is 0 Å². The molecule has 0 aliphatic heterocycles. The normalized spacial score (nSPS) is 12.4. The molecule has 0 aliphatic rings. The van der Waals surface area contributed by atoms with E-state index in [-0.39, 0.29) is 31.1 Å². The van der Waals surface area contributed by atoms with Crippen molar-refractivity contribution in [3.63, 3.8) is 0 Å². The molecule has 0 rings (SSSR count). The lowest BCUT2D eigenvalue weighted by atomic mass is 10.0. The van der Waals surface area contributed by atoms with Crippen LogP contribution in [0.15, 0.2) is 60.8 Å². The Balaban J connectivity index is 3.94. The third kappa shape index (κ3) is 67.8. The highest BCUT2D eigenvalue weighted by molar-refractivity contribution is 5.71. The topological polar surface area (TPSA) is 78.9 Å². The summed E-state index contributed by atoms with van der Waals surface area (Å²) in [7, 11) is 0. The van der Waals surface area contributed by atoms with E-state index in [4.69, 9.17) is 14.2 Å². The van der Waals surface area contributed by atoms with Crippen LogP contribution in [0.1, 0.15) is 380 Å². The zero-order valence-electron chi connectivity index (χ0n) is 54.3. The zero-order chi connectivity index (χ0) is 58.5. The Labute approximate surface area is 504 Å². The number of hydrogen-bond acceptors (Lipinski definition) is 6. The lowest BCUT2D eigenvalue weighted by Gasteiger charge is -2.18. The van der Waals surface area contributed by atoms with E-state index in [1.165, 1.54) is 244 Å². The lowest BCUT2D eigenvalue weighted by Crippen LogP contribution is -2.30. The third-order valence-electron chi connectivity index (χ3n) is 16.0. The number of hydrogen-bond donors (Lipinski definition) is 0. The fraction of sp³-hybridized carbons (Fsp3) is 0.827. The molecule has 0 radical (unpaired) electrons. The van der Waals surface area contributed by atoms with Gasteiger partial charge in [-0.3, -0.25) is 14.4 Å². The van der Waals surface area contributed by atoms with Crippen LogP contribution in [0.25, 0.3) is 0 Å². The van der Waals surface area contributed by atoms with Crippen molar-refractivity contribution >= 4 is 17.9 Å². The maximum atomic E-state index is 12.9. The first-order valence-electron chi connectivity index (χ1n) is 35.8. The van der Waals surface area contributed by atoms with Gasteiger partial charge in [0.15, 0.2) is 6.10 Å². The predicted molar refractivity (Wildman–Crippen MR) is 353 cm³/mol. The molecular weight excluding hydrogens is 997 g/mol.